The Balaban J connectivity index is 1.50. The highest BCUT2D eigenvalue weighted by Crippen LogP contribution is 2.30. The predicted octanol–water partition coefficient (Wildman–Crippen LogP) is 4.73. The number of carbonyl (C=O) groups excluding carboxylic acids is 1. The monoisotopic (exact) mass is 377 g/mol. The van der Waals surface area contributed by atoms with Crippen molar-refractivity contribution in [3.8, 4) is 27.6 Å². The maximum absolute atomic E-state index is 12.5. The number of amides is 1. The van der Waals surface area contributed by atoms with Gasteiger partial charge in [-0.25, -0.2) is 4.98 Å². The maximum Gasteiger partial charge on any atom is 0.277 e. The molecule has 0 atom stereocenters. The van der Waals surface area contributed by atoms with Crippen molar-refractivity contribution in [2.75, 3.05) is 12.4 Å². The molecule has 2 aromatic heterocycles. The third-order valence-electron chi connectivity index (χ3n) is 3.94. The van der Waals surface area contributed by atoms with E-state index in [0.29, 0.717) is 17.2 Å². The van der Waals surface area contributed by atoms with Crippen LogP contribution in [-0.4, -0.2) is 23.2 Å². The summed E-state index contributed by atoms with van der Waals surface area (Å²) in [7, 11) is 1.58. The van der Waals surface area contributed by atoms with Crippen LogP contribution in [0.5, 0.6) is 5.75 Å². The summed E-state index contributed by atoms with van der Waals surface area (Å²) in [4.78, 5) is 16.7. The Morgan fingerprint density at radius 2 is 1.96 bits per heavy atom. The number of ether oxygens (including phenoxy) is 1. The topological polar surface area (TPSA) is 77.2 Å². The standard InChI is InChI=1S/C20H15N3O3S/c1-25-17-5-3-2-4-15(17)18-12-16(23-26-18)19(24)22-14-8-6-13(7-9-14)20-21-10-11-27-20/h2-12H,1H3,(H,22,24). The molecule has 0 saturated heterocycles. The van der Waals surface area contributed by atoms with Crippen molar-refractivity contribution in [1.82, 2.24) is 10.1 Å². The third-order valence-corrected chi connectivity index (χ3v) is 4.76. The van der Waals surface area contributed by atoms with Crippen molar-refractivity contribution in [2.45, 2.75) is 0 Å². The SMILES string of the molecule is COc1ccccc1-c1cc(C(=O)Nc2ccc(-c3nccs3)cc2)no1. The molecular weight excluding hydrogens is 362 g/mol. The molecule has 0 bridgehead atoms. The van der Waals surface area contributed by atoms with E-state index < -0.39 is 0 Å². The van der Waals surface area contributed by atoms with E-state index in [9.17, 15) is 4.79 Å². The minimum absolute atomic E-state index is 0.194. The fourth-order valence-electron chi connectivity index (χ4n) is 2.61. The molecule has 4 rings (SSSR count). The van der Waals surface area contributed by atoms with Gasteiger partial charge in [0, 0.05) is 28.9 Å². The third kappa shape index (κ3) is 3.58. The van der Waals surface area contributed by atoms with Crippen LogP contribution in [0.3, 0.4) is 0 Å². The maximum atomic E-state index is 12.5. The number of nitrogens with zero attached hydrogens (tertiary/aromatic N) is 2. The van der Waals surface area contributed by atoms with Gasteiger partial charge < -0.3 is 14.6 Å². The van der Waals surface area contributed by atoms with Gasteiger partial charge >= 0.3 is 0 Å². The highest BCUT2D eigenvalue weighted by molar-refractivity contribution is 7.13. The molecule has 1 amide bonds. The molecule has 0 aliphatic heterocycles. The Bertz CT molecular complexity index is 1060. The van der Waals surface area contributed by atoms with Gasteiger partial charge in [-0.1, -0.05) is 17.3 Å². The molecule has 0 saturated carbocycles. The van der Waals surface area contributed by atoms with E-state index in [1.807, 2.05) is 53.9 Å². The second-order valence-corrected chi connectivity index (χ2v) is 6.54. The molecule has 0 unspecified atom stereocenters. The first-order valence-electron chi connectivity index (χ1n) is 8.16. The summed E-state index contributed by atoms with van der Waals surface area (Å²) in [6.07, 6.45) is 1.76. The summed E-state index contributed by atoms with van der Waals surface area (Å²) in [6, 6.07) is 16.5. The number of benzene rings is 2. The lowest BCUT2D eigenvalue weighted by atomic mass is 10.1. The Labute approximate surface area is 159 Å². The first-order valence-corrected chi connectivity index (χ1v) is 9.04. The minimum atomic E-state index is -0.345. The number of rotatable bonds is 5. The summed E-state index contributed by atoms with van der Waals surface area (Å²) in [5.41, 5.74) is 2.60. The minimum Gasteiger partial charge on any atom is -0.496 e. The number of aromatic nitrogens is 2. The zero-order chi connectivity index (χ0) is 18.6. The van der Waals surface area contributed by atoms with Crippen LogP contribution < -0.4 is 10.1 Å². The van der Waals surface area contributed by atoms with Gasteiger partial charge in [0.2, 0.25) is 0 Å². The Morgan fingerprint density at radius 3 is 2.70 bits per heavy atom. The van der Waals surface area contributed by atoms with Gasteiger partial charge in [-0.3, -0.25) is 4.79 Å². The lowest BCUT2D eigenvalue weighted by Gasteiger charge is -2.04. The van der Waals surface area contributed by atoms with E-state index in [1.54, 1.807) is 30.7 Å². The highest BCUT2D eigenvalue weighted by Gasteiger charge is 2.16. The number of carbonyl (C=O) groups is 1. The summed E-state index contributed by atoms with van der Waals surface area (Å²) < 4.78 is 10.6. The van der Waals surface area contributed by atoms with E-state index in [-0.39, 0.29) is 11.6 Å². The molecule has 2 heterocycles. The Morgan fingerprint density at radius 1 is 1.15 bits per heavy atom. The second-order valence-electron chi connectivity index (χ2n) is 5.65. The predicted molar refractivity (Wildman–Crippen MR) is 104 cm³/mol. The van der Waals surface area contributed by atoms with Gasteiger partial charge in [-0.05, 0) is 36.4 Å². The zero-order valence-electron chi connectivity index (χ0n) is 14.4. The van der Waals surface area contributed by atoms with Gasteiger partial charge in [-0.2, -0.15) is 0 Å². The van der Waals surface area contributed by atoms with Crippen LogP contribution in [0.1, 0.15) is 10.5 Å². The average molecular weight is 377 g/mol. The van der Waals surface area contributed by atoms with Crippen LogP contribution in [0.15, 0.2) is 70.7 Å². The van der Waals surface area contributed by atoms with Crippen molar-refractivity contribution in [2.24, 2.45) is 0 Å². The van der Waals surface area contributed by atoms with E-state index >= 15 is 0 Å². The molecule has 7 heteroatoms. The van der Waals surface area contributed by atoms with Crippen LogP contribution in [-0.2, 0) is 0 Å². The summed E-state index contributed by atoms with van der Waals surface area (Å²) in [5, 5.41) is 9.55. The summed E-state index contributed by atoms with van der Waals surface area (Å²) >= 11 is 1.57. The Hall–Kier alpha value is -3.45. The van der Waals surface area contributed by atoms with Gasteiger partial charge in [0.1, 0.15) is 10.8 Å². The number of nitrogens with one attached hydrogen (secondary N) is 1. The number of anilines is 1. The van der Waals surface area contributed by atoms with Crippen LogP contribution in [0.2, 0.25) is 0 Å². The molecule has 0 aliphatic carbocycles. The van der Waals surface area contributed by atoms with Crippen molar-refractivity contribution < 1.29 is 14.1 Å². The fraction of sp³-hybridized carbons (Fsp3) is 0.0500. The molecule has 0 radical (unpaired) electrons. The van der Waals surface area contributed by atoms with E-state index in [1.165, 1.54) is 0 Å². The van der Waals surface area contributed by atoms with Crippen molar-refractivity contribution in [3.63, 3.8) is 0 Å². The quantitative estimate of drug-likeness (QED) is 0.544. The van der Waals surface area contributed by atoms with Crippen molar-refractivity contribution >= 4 is 22.9 Å². The molecule has 4 aromatic rings. The van der Waals surface area contributed by atoms with E-state index in [2.05, 4.69) is 15.5 Å². The van der Waals surface area contributed by atoms with Crippen molar-refractivity contribution in [3.05, 3.63) is 71.9 Å². The summed E-state index contributed by atoms with van der Waals surface area (Å²) in [5.74, 6) is 0.775. The number of hydrogen-bond donors (Lipinski definition) is 1. The molecule has 0 fully saturated rings. The highest BCUT2D eigenvalue weighted by atomic mass is 32.1. The molecule has 0 spiro atoms. The lowest BCUT2D eigenvalue weighted by Crippen LogP contribution is -2.11. The van der Waals surface area contributed by atoms with Crippen LogP contribution in [0.25, 0.3) is 21.9 Å². The molecule has 2 aromatic carbocycles. The molecule has 1 N–H and O–H groups in total. The second kappa shape index (κ2) is 7.43. The number of methoxy groups -OCH3 is 1. The lowest BCUT2D eigenvalue weighted by molar-refractivity contribution is 0.101. The van der Waals surface area contributed by atoms with Gasteiger partial charge in [0.25, 0.3) is 5.91 Å². The zero-order valence-corrected chi connectivity index (χ0v) is 15.2. The van der Waals surface area contributed by atoms with Gasteiger partial charge in [-0.15, -0.1) is 11.3 Å². The molecule has 27 heavy (non-hydrogen) atoms. The first kappa shape index (κ1) is 17.0. The summed E-state index contributed by atoms with van der Waals surface area (Å²) in [6.45, 7) is 0. The molecule has 0 aliphatic rings. The fourth-order valence-corrected chi connectivity index (χ4v) is 3.26. The van der Waals surface area contributed by atoms with Gasteiger partial charge in [0.15, 0.2) is 11.5 Å². The number of thiazole rings is 1. The van der Waals surface area contributed by atoms with Crippen LogP contribution in [0.4, 0.5) is 5.69 Å². The van der Waals surface area contributed by atoms with E-state index in [0.717, 1.165) is 16.1 Å². The van der Waals surface area contributed by atoms with Crippen LogP contribution in [0, 0.1) is 0 Å². The average Bonchev–Trinajstić information content (AvgIpc) is 3.41. The number of para-hydroxylation sites is 1. The van der Waals surface area contributed by atoms with Crippen molar-refractivity contribution in [1.29, 1.82) is 0 Å². The van der Waals surface area contributed by atoms with Crippen LogP contribution >= 0.6 is 11.3 Å². The molecule has 134 valence electrons. The van der Waals surface area contributed by atoms with E-state index in [4.69, 9.17) is 9.26 Å². The molecular formula is C20H15N3O3S. The molecule has 6 nitrogen and oxygen atoms in total. The van der Waals surface area contributed by atoms with Gasteiger partial charge in [0.05, 0.1) is 12.7 Å². The largest absolute Gasteiger partial charge is 0.496 e. The first-order chi connectivity index (χ1) is 13.2. The number of hydrogen-bond acceptors (Lipinski definition) is 6. The smallest absolute Gasteiger partial charge is 0.277 e. The normalized spacial score (nSPS) is 10.6. The Kier molecular flexibility index (Phi) is 4.67.